The van der Waals surface area contributed by atoms with E-state index in [1.807, 2.05) is 0 Å². The molecule has 0 aliphatic carbocycles. The smallest absolute Gasteiger partial charge is 0.332 e. The molecule has 1 saturated heterocycles. The van der Waals surface area contributed by atoms with Gasteiger partial charge < -0.3 is 4.90 Å². The topological polar surface area (TPSA) is 62.8 Å². The van der Waals surface area contributed by atoms with Gasteiger partial charge >= 0.3 is 5.69 Å². The maximum absolute atomic E-state index is 14.2. The molecule has 0 radical (unpaired) electrons. The highest BCUT2D eigenvalue weighted by atomic mass is 19.1. The summed E-state index contributed by atoms with van der Waals surface area (Å²) in [6, 6.07) is 12.8. The molecule has 1 aromatic heterocycles. The maximum atomic E-state index is 14.2. The van der Waals surface area contributed by atoms with E-state index in [4.69, 9.17) is 4.99 Å². The molecule has 182 valence electrons. The van der Waals surface area contributed by atoms with Crippen molar-refractivity contribution < 1.29 is 4.39 Å². The van der Waals surface area contributed by atoms with Crippen LogP contribution in [-0.2, 0) is 26.6 Å². The zero-order valence-electron chi connectivity index (χ0n) is 20.4. The van der Waals surface area contributed by atoms with Crippen molar-refractivity contribution in [2.75, 3.05) is 26.2 Å². The van der Waals surface area contributed by atoms with Crippen LogP contribution in [0.1, 0.15) is 27.8 Å². The number of amidine groups is 1. The normalized spacial score (nSPS) is 15.9. The van der Waals surface area contributed by atoms with E-state index in [9.17, 15) is 14.0 Å². The lowest BCUT2D eigenvalue weighted by atomic mass is 10.0. The minimum Gasteiger partial charge on any atom is -0.357 e. The number of aromatic nitrogens is 2. The quantitative estimate of drug-likeness (QED) is 0.582. The van der Waals surface area contributed by atoms with Crippen LogP contribution in [0, 0.1) is 19.7 Å². The highest BCUT2D eigenvalue weighted by Crippen LogP contribution is 2.24. The van der Waals surface area contributed by atoms with Gasteiger partial charge in [0.05, 0.1) is 12.1 Å². The highest BCUT2D eigenvalue weighted by molar-refractivity contribution is 5.91. The molecule has 1 fully saturated rings. The van der Waals surface area contributed by atoms with Gasteiger partial charge in [-0.1, -0.05) is 42.0 Å². The van der Waals surface area contributed by atoms with Gasteiger partial charge in [0.1, 0.15) is 17.5 Å². The fourth-order valence-corrected chi connectivity index (χ4v) is 4.93. The van der Waals surface area contributed by atoms with E-state index in [-0.39, 0.29) is 6.54 Å². The molecule has 0 spiro atoms. The second-order valence-electron chi connectivity index (χ2n) is 9.52. The molecule has 2 aliphatic heterocycles. The van der Waals surface area contributed by atoms with Crippen LogP contribution in [0.3, 0.4) is 0 Å². The third kappa shape index (κ3) is 4.46. The lowest BCUT2D eigenvalue weighted by Gasteiger charge is -2.36. The average Bonchev–Trinajstić information content (AvgIpc) is 3.30. The van der Waals surface area contributed by atoms with E-state index < -0.39 is 17.1 Å². The fourth-order valence-electron chi connectivity index (χ4n) is 4.93. The van der Waals surface area contributed by atoms with Crippen LogP contribution in [0.4, 0.5) is 10.2 Å². The molecular formula is C27H30FN5O2. The third-order valence-corrected chi connectivity index (χ3v) is 7.10. The maximum Gasteiger partial charge on any atom is 0.332 e. The Hall–Kier alpha value is -3.52. The van der Waals surface area contributed by atoms with Crippen molar-refractivity contribution in [3.63, 3.8) is 0 Å². The molecule has 2 aliphatic rings. The van der Waals surface area contributed by atoms with Crippen molar-refractivity contribution >= 4 is 11.7 Å². The number of piperazine rings is 1. The molecule has 0 amide bonds. The van der Waals surface area contributed by atoms with Gasteiger partial charge in [-0.3, -0.25) is 18.8 Å². The third-order valence-electron chi connectivity index (χ3n) is 7.10. The first-order valence-corrected chi connectivity index (χ1v) is 12.0. The zero-order chi connectivity index (χ0) is 24.7. The van der Waals surface area contributed by atoms with Gasteiger partial charge in [0, 0.05) is 51.8 Å². The predicted molar refractivity (Wildman–Crippen MR) is 135 cm³/mol. The molecule has 35 heavy (non-hydrogen) atoms. The zero-order valence-corrected chi connectivity index (χ0v) is 20.4. The number of hydrogen-bond acceptors (Lipinski definition) is 5. The molecule has 0 N–H and O–H groups in total. The van der Waals surface area contributed by atoms with Gasteiger partial charge in [-0.2, -0.15) is 0 Å². The summed E-state index contributed by atoms with van der Waals surface area (Å²) in [5, 5.41) is 0. The minimum absolute atomic E-state index is 0.0994. The van der Waals surface area contributed by atoms with Crippen molar-refractivity contribution in [2.45, 2.75) is 33.4 Å². The number of aryl methyl sites for hydroxylation is 2. The first-order valence-electron chi connectivity index (χ1n) is 12.0. The molecule has 3 heterocycles. The second-order valence-corrected chi connectivity index (χ2v) is 9.52. The van der Waals surface area contributed by atoms with Crippen molar-refractivity contribution in [1.29, 1.82) is 0 Å². The largest absolute Gasteiger partial charge is 0.357 e. The number of aliphatic imine (C=N–C) groups is 1. The lowest BCUT2D eigenvalue weighted by Crippen LogP contribution is -2.48. The van der Waals surface area contributed by atoms with E-state index in [0.717, 1.165) is 43.1 Å². The fraction of sp³-hybridized carbons (Fsp3) is 0.370. The van der Waals surface area contributed by atoms with Crippen LogP contribution in [0.25, 0.3) is 0 Å². The predicted octanol–water partition coefficient (Wildman–Crippen LogP) is 2.76. The van der Waals surface area contributed by atoms with E-state index >= 15 is 0 Å². The monoisotopic (exact) mass is 475 g/mol. The van der Waals surface area contributed by atoms with E-state index in [1.54, 1.807) is 25.2 Å². The van der Waals surface area contributed by atoms with E-state index in [2.05, 4.69) is 41.8 Å². The minimum atomic E-state index is -0.486. The SMILES string of the molecule is Cc1ccc(C)c(CN2CCN(C3=Nc4c(c(=O)n(Cc5ccccc5F)c(=O)n4C)C3)CC2)c1. The van der Waals surface area contributed by atoms with Gasteiger partial charge in [-0.05, 0) is 31.0 Å². The van der Waals surface area contributed by atoms with Crippen molar-refractivity contribution in [3.8, 4) is 0 Å². The standard InChI is InChI=1S/C27H30FN5O2/c1-18-8-9-19(2)21(14-18)16-31-10-12-32(13-11-31)24-15-22-25(29-24)30(3)27(35)33(26(22)34)17-20-6-4-5-7-23(20)28/h4-9,14H,10-13,15-17H2,1-3H3. The van der Waals surface area contributed by atoms with Crippen LogP contribution in [0.2, 0.25) is 0 Å². The Balaban J connectivity index is 1.31. The van der Waals surface area contributed by atoms with Crippen molar-refractivity contribution in [3.05, 3.63) is 96.9 Å². The van der Waals surface area contributed by atoms with E-state index in [1.165, 1.54) is 27.3 Å². The van der Waals surface area contributed by atoms with Crippen LogP contribution in [-0.4, -0.2) is 50.9 Å². The molecule has 0 bridgehead atoms. The molecule has 0 saturated carbocycles. The van der Waals surface area contributed by atoms with Gasteiger partial charge in [0.25, 0.3) is 5.56 Å². The summed E-state index contributed by atoms with van der Waals surface area (Å²) in [6.45, 7) is 8.52. The average molecular weight is 476 g/mol. The van der Waals surface area contributed by atoms with Crippen LogP contribution >= 0.6 is 0 Å². The number of halogens is 1. The number of hydrogen-bond donors (Lipinski definition) is 0. The Morgan fingerprint density at radius 2 is 1.69 bits per heavy atom. The van der Waals surface area contributed by atoms with Crippen LogP contribution < -0.4 is 11.2 Å². The molecule has 0 unspecified atom stereocenters. The molecule has 7 nitrogen and oxygen atoms in total. The Kier molecular flexibility index (Phi) is 6.15. The Labute approximate surface area is 203 Å². The summed E-state index contributed by atoms with van der Waals surface area (Å²) >= 11 is 0. The summed E-state index contributed by atoms with van der Waals surface area (Å²) in [4.78, 5) is 35.5. The number of benzene rings is 2. The Morgan fingerprint density at radius 3 is 2.43 bits per heavy atom. The van der Waals surface area contributed by atoms with Crippen molar-refractivity contribution in [1.82, 2.24) is 18.9 Å². The molecule has 8 heteroatoms. The first-order chi connectivity index (χ1) is 16.8. The number of rotatable bonds is 4. The lowest BCUT2D eigenvalue weighted by molar-refractivity contribution is 0.174. The van der Waals surface area contributed by atoms with Gasteiger partial charge in [0.15, 0.2) is 0 Å². The molecule has 5 rings (SSSR count). The summed E-state index contributed by atoms with van der Waals surface area (Å²) in [6.07, 6.45) is 0.385. The first kappa shape index (κ1) is 23.2. The number of nitrogens with zero attached hydrogens (tertiary/aromatic N) is 5. The summed E-state index contributed by atoms with van der Waals surface area (Å²) < 4.78 is 16.7. The molecular weight excluding hydrogens is 445 g/mol. The molecule has 2 aromatic carbocycles. The molecule has 0 atom stereocenters. The Bertz CT molecular complexity index is 1430. The second kappa shape index (κ2) is 9.26. The highest BCUT2D eigenvalue weighted by Gasteiger charge is 2.29. The summed E-state index contributed by atoms with van der Waals surface area (Å²) in [7, 11) is 1.62. The van der Waals surface area contributed by atoms with Gasteiger partial charge in [-0.25, -0.2) is 14.2 Å². The Morgan fingerprint density at radius 1 is 0.943 bits per heavy atom. The van der Waals surface area contributed by atoms with Crippen LogP contribution in [0.5, 0.6) is 0 Å². The summed E-state index contributed by atoms with van der Waals surface area (Å²) in [5.41, 5.74) is 3.87. The summed E-state index contributed by atoms with van der Waals surface area (Å²) in [5.74, 6) is 0.803. The number of fused-ring (bicyclic) bond motifs is 1. The van der Waals surface area contributed by atoms with Gasteiger partial charge in [0.2, 0.25) is 0 Å². The van der Waals surface area contributed by atoms with Gasteiger partial charge in [-0.15, -0.1) is 0 Å². The van der Waals surface area contributed by atoms with Crippen molar-refractivity contribution in [2.24, 2.45) is 12.0 Å². The van der Waals surface area contributed by atoms with Crippen LogP contribution in [0.15, 0.2) is 57.0 Å². The molecule has 3 aromatic rings. The van der Waals surface area contributed by atoms with E-state index in [0.29, 0.717) is 23.4 Å².